The van der Waals surface area contributed by atoms with E-state index in [-0.39, 0.29) is 6.04 Å². The Morgan fingerprint density at radius 2 is 1.58 bits per heavy atom. The number of aliphatic hydroxyl groups excluding tert-OH is 2. The van der Waals surface area contributed by atoms with E-state index >= 15 is 0 Å². The van der Waals surface area contributed by atoms with E-state index in [1.54, 1.807) is 39.2 Å². The zero-order chi connectivity index (χ0) is 24.0. The van der Waals surface area contributed by atoms with Crippen LogP contribution in [0.5, 0.6) is 5.88 Å². The van der Waals surface area contributed by atoms with E-state index in [0.29, 0.717) is 28.1 Å². The first-order valence-corrected chi connectivity index (χ1v) is 11.3. The average molecular weight is 518 g/mol. The van der Waals surface area contributed by atoms with Crippen LogP contribution in [-0.4, -0.2) is 54.5 Å². The summed E-state index contributed by atoms with van der Waals surface area (Å²) in [4.78, 5) is 17.3. The number of aliphatic hydroxyl groups is 2. The van der Waals surface area contributed by atoms with Crippen LogP contribution in [0.4, 0.5) is 29.1 Å². The predicted molar refractivity (Wildman–Crippen MR) is 131 cm³/mol. The summed E-state index contributed by atoms with van der Waals surface area (Å²) in [7, 11) is 0. The third-order valence-electron chi connectivity index (χ3n) is 4.82. The van der Waals surface area contributed by atoms with Gasteiger partial charge in [0.05, 0.1) is 22.7 Å². The molecule has 1 aromatic carbocycles. The Hall–Kier alpha value is -3.02. The minimum Gasteiger partial charge on any atom is -0.472 e. The van der Waals surface area contributed by atoms with Crippen LogP contribution in [0.15, 0.2) is 47.2 Å². The molecule has 3 rings (SSSR count). The summed E-state index contributed by atoms with van der Waals surface area (Å²) >= 11 is 3.43. The van der Waals surface area contributed by atoms with Gasteiger partial charge in [0.1, 0.15) is 11.9 Å². The van der Waals surface area contributed by atoms with Crippen molar-refractivity contribution in [2.24, 2.45) is 0 Å². The molecule has 10 nitrogen and oxygen atoms in total. The van der Waals surface area contributed by atoms with Crippen LogP contribution >= 0.6 is 15.9 Å². The molecule has 5 N–H and O–H groups in total. The summed E-state index contributed by atoms with van der Waals surface area (Å²) in [6, 6.07) is 8.95. The normalized spacial score (nSPS) is 14.6. The molecule has 0 spiro atoms. The zero-order valence-electron chi connectivity index (χ0n) is 18.8. The molecule has 0 saturated carbocycles. The van der Waals surface area contributed by atoms with Crippen LogP contribution in [0.25, 0.3) is 0 Å². The fraction of sp³-hybridized carbons (Fsp3) is 0.364. The zero-order valence-corrected chi connectivity index (χ0v) is 20.4. The predicted octanol–water partition coefficient (Wildman–Crippen LogP) is 3.85. The second kappa shape index (κ2) is 11.2. The van der Waals surface area contributed by atoms with Gasteiger partial charge >= 0.3 is 0 Å². The van der Waals surface area contributed by atoms with Gasteiger partial charge in [-0.25, -0.2) is 9.97 Å². The van der Waals surface area contributed by atoms with Crippen LogP contribution in [0.3, 0.4) is 0 Å². The molecule has 176 valence electrons. The number of aromatic nitrogens is 4. The molecule has 0 amide bonds. The molecular formula is C22H28BrN7O3. The number of halogens is 1. The average Bonchev–Trinajstić information content (AvgIpc) is 2.76. The Balaban J connectivity index is 1.71. The van der Waals surface area contributed by atoms with E-state index in [0.717, 1.165) is 11.4 Å². The van der Waals surface area contributed by atoms with Gasteiger partial charge in [0.2, 0.25) is 17.8 Å². The first-order chi connectivity index (χ1) is 15.7. The summed E-state index contributed by atoms with van der Waals surface area (Å²) in [6.07, 6.45) is 1.68. The Bertz CT molecular complexity index is 1070. The Kier molecular flexibility index (Phi) is 8.37. The molecular weight excluding hydrogens is 490 g/mol. The summed E-state index contributed by atoms with van der Waals surface area (Å²) in [5.74, 6) is 1.70. The SMILES string of the molecule is C[C@@H](O)[C@@H](C)Nc1nc(Nc2cccc(Nc3nccc(O[C@H](C)[C@@H](C)O)n3)c2)ncc1Br. The molecule has 0 aliphatic carbocycles. The molecule has 0 aliphatic heterocycles. The minimum atomic E-state index is -0.620. The highest BCUT2D eigenvalue weighted by Crippen LogP contribution is 2.25. The minimum absolute atomic E-state index is 0.181. The Labute approximate surface area is 201 Å². The van der Waals surface area contributed by atoms with E-state index in [4.69, 9.17) is 4.74 Å². The maximum atomic E-state index is 9.74. The number of rotatable bonds is 10. The number of hydrogen-bond acceptors (Lipinski definition) is 10. The van der Waals surface area contributed by atoms with Gasteiger partial charge in [0.15, 0.2) is 0 Å². The van der Waals surface area contributed by atoms with Crippen molar-refractivity contribution in [3.63, 3.8) is 0 Å². The molecule has 33 heavy (non-hydrogen) atoms. The highest BCUT2D eigenvalue weighted by atomic mass is 79.9. The van der Waals surface area contributed by atoms with Gasteiger partial charge in [0.25, 0.3) is 0 Å². The molecule has 0 aliphatic rings. The third-order valence-corrected chi connectivity index (χ3v) is 5.40. The van der Waals surface area contributed by atoms with E-state index in [1.807, 2.05) is 31.2 Å². The van der Waals surface area contributed by atoms with E-state index < -0.39 is 18.3 Å². The lowest BCUT2D eigenvalue weighted by Gasteiger charge is -2.18. The molecule has 0 fully saturated rings. The summed E-state index contributed by atoms with van der Waals surface area (Å²) < 4.78 is 6.32. The first kappa shape index (κ1) is 24.6. The fourth-order valence-corrected chi connectivity index (χ4v) is 2.86. The number of hydrogen-bond donors (Lipinski definition) is 5. The van der Waals surface area contributed by atoms with Crippen molar-refractivity contribution in [1.82, 2.24) is 19.9 Å². The quantitative estimate of drug-likeness (QED) is 0.269. The number of anilines is 5. The van der Waals surface area contributed by atoms with Gasteiger partial charge < -0.3 is 30.9 Å². The van der Waals surface area contributed by atoms with E-state index in [1.165, 1.54) is 0 Å². The fourth-order valence-electron chi connectivity index (χ4n) is 2.55. The van der Waals surface area contributed by atoms with E-state index in [2.05, 4.69) is 51.8 Å². The van der Waals surface area contributed by atoms with Gasteiger partial charge in [-0.3, -0.25) is 0 Å². The van der Waals surface area contributed by atoms with Gasteiger partial charge in [-0.2, -0.15) is 9.97 Å². The van der Waals surface area contributed by atoms with Crippen LogP contribution in [0.2, 0.25) is 0 Å². The van der Waals surface area contributed by atoms with Gasteiger partial charge in [-0.05, 0) is 61.8 Å². The molecule has 2 heterocycles. The number of ether oxygens (including phenoxy) is 1. The van der Waals surface area contributed by atoms with E-state index in [9.17, 15) is 10.2 Å². The van der Waals surface area contributed by atoms with Crippen LogP contribution in [-0.2, 0) is 0 Å². The Morgan fingerprint density at radius 3 is 2.21 bits per heavy atom. The monoisotopic (exact) mass is 517 g/mol. The second-order valence-electron chi connectivity index (χ2n) is 7.68. The van der Waals surface area contributed by atoms with Gasteiger partial charge in [-0.15, -0.1) is 0 Å². The summed E-state index contributed by atoms with van der Waals surface area (Å²) in [5, 5.41) is 28.8. The second-order valence-corrected chi connectivity index (χ2v) is 8.53. The molecule has 4 atom stereocenters. The van der Waals surface area contributed by atoms with Crippen molar-refractivity contribution in [1.29, 1.82) is 0 Å². The molecule has 0 bridgehead atoms. The van der Waals surface area contributed by atoms with Crippen molar-refractivity contribution in [2.45, 2.75) is 52.0 Å². The van der Waals surface area contributed by atoms with Crippen molar-refractivity contribution in [2.75, 3.05) is 16.0 Å². The van der Waals surface area contributed by atoms with Crippen molar-refractivity contribution in [3.8, 4) is 5.88 Å². The molecule has 0 saturated heterocycles. The van der Waals surface area contributed by atoms with Crippen LogP contribution in [0, 0.1) is 0 Å². The van der Waals surface area contributed by atoms with Crippen molar-refractivity contribution in [3.05, 3.63) is 47.2 Å². The number of nitrogens with one attached hydrogen (secondary N) is 3. The number of benzene rings is 1. The highest BCUT2D eigenvalue weighted by molar-refractivity contribution is 9.10. The van der Waals surface area contributed by atoms with Gasteiger partial charge in [0, 0.05) is 29.8 Å². The van der Waals surface area contributed by atoms with Crippen LogP contribution < -0.4 is 20.7 Å². The lowest BCUT2D eigenvalue weighted by molar-refractivity contribution is 0.0574. The van der Waals surface area contributed by atoms with Crippen molar-refractivity contribution >= 4 is 45.0 Å². The summed E-state index contributed by atoms with van der Waals surface area (Å²) in [5.41, 5.74) is 1.51. The Morgan fingerprint density at radius 1 is 0.909 bits per heavy atom. The topological polar surface area (TPSA) is 137 Å². The maximum absolute atomic E-state index is 9.74. The maximum Gasteiger partial charge on any atom is 0.230 e. The standard InChI is InChI=1S/C22H28BrN7O3/c1-12(13(2)31)26-20-18(23)11-25-22(30-20)28-17-7-5-6-16(10-17)27-21-24-9-8-19(29-21)33-15(4)14(3)32/h5-15,31-32H,1-4H3,(H,24,27,29)(H2,25,26,28,30)/t12-,13-,14-,15-/m1/s1. The molecule has 0 unspecified atom stereocenters. The van der Waals surface area contributed by atoms with Crippen molar-refractivity contribution < 1.29 is 14.9 Å². The molecule has 0 radical (unpaired) electrons. The number of nitrogens with zero attached hydrogens (tertiary/aromatic N) is 4. The highest BCUT2D eigenvalue weighted by Gasteiger charge is 2.13. The molecule has 2 aromatic heterocycles. The molecule has 3 aromatic rings. The largest absolute Gasteiger partial charge is 0.472 e. The third kappa shape index (κ3) is 7.24. The van der Waals surface area contributed by atoms with Crippen LogP contribution in [0.1, 0.15) is 27.7 Å². The lowest BCUT2D eigenvalue weighted by atomic mass is 10.2. The molecule has 11 heteroatoms. The summed E-state index contributed by atoms with van der Waals surface area (Å²) in [6.45, 7) is 7.01. The first-order valence-electron chi connectivity index (χ1n) is 10.5. The van der Waals surface area contributed by atoms with Gasteiger partial charge in [-0.1, -0.05) is 6.07 Å². The smallest absolute Gasteiger partial charge is 0.230 e. The lowest BCUT2D eigenvalue weighted by Crippen LogP contribution is -2.28.